The van der Waals surface area contributed by atoms with Crippen molar-refractivity contribution >= 4 is 47.2 Å². The Bertz CT molecular complexity index is 1480. The van der Waals surface area contributed by atoms with Gasteiger partial charge >= 0.3 is 0 Å². The highest BCUT2D eigenvalue weighted by molar-refractivity contribution is 5.93. The number of benzene rings is 3. The van der Waals surface area contributed by atoms with Crippen LogP contribution >= 0.6 is 24.8 Å². The first kappa shape index (κ1) is 27.0. The summed E-state index contributed by atoms with van der Waals surface area (Å²) >= 11 is 0. The van der Waals surface area contributed by atoms with Gasteiger partial charge in [-0.25, -0.2) is 19.0 Å². The molecule has 10 heteroatoms. The van der Waals surface area contributed by atoms with Crippen LogP contribution in [0, 0.1) is 12.7 Å². The molecule has 0 radical (unpaired) electrons. The lowest BCUT2D eigenvalue weighted by Crippen LogP contribution is -2.03. The maximum Gasteiger partial charge on any atom is 0.147 e. The summed E-state index contributed by atoms with van der Waals surface area (Å²) in [6, 6.07) is 18.5. The number of aryl methyl sites for hydroxylation is 1. The number of hydrogen-bond acceptors (Lipinski definition) is 5. The molecule has 0 saturated heterocycles. The molecule has 0 fully saturated rings. The van der Waals surface area contributed by atoms with Gasteiger partial charge in [0.2, 0.25) is 0 Å². The van der Waals surface area contributed by atoms with Crippen LogP contribution in [0.15, 0.2) is 67.0 Å². The number of hydrogen-bond donors (Lipinski definition) is 1. The molecule has 2 heterocycles. The average Bonchev–Trinajstić information content (AvgIpc) is 3.44. The van der Waals surface area contributed by atoms with Gasteiger partial charge in [-0.05, 0) is 69.3 Å². The Morgan fingerprint density at radius 3 is 2.39 bits per heavy atom. The second-order valence-corrected chi connectivity index (χ2v) is 8.33. The number of ether oxygens (including phenoxy) is 1. The van der Waals surface area contributed by atoms with Gasteiger partial charge < -0.3 is 14.6 Å². The van der Waals surface area contributed by atoms with Gasteiger partial charge in [-0.1, -0.05) is 6.07 Å². The Balaban J connectivity index is 0.00000180. The molecule has 5 aromatic rings. The molecule has 188 valence electrons. The summed E-state index contributed by atoms with van der Waals surface area (Å²) in [5.41, 5.74) is 5.23. The molecule has 0 aliphatic heterocycles. The van der Waals surface area contributed by atoms with Crippen LogP contribution < -0.4 is 10.1 Å². The van der Waals surface area contributed by atoms with E-state index in [-0.39, 0.29) is 36.7 Å². The van der Waals surface area contributed by atoms with Crippen molar-refractivity contribution in [1.82, 2.24) is 24.3 Å². The molecule has 0 atom stereocenters. The summed E-state index contributed by atoms with van der Waals surface area (Å²) < 4.78 is 23.0. The minimum atomic E-state index is -0.267. The van der Waals surface area contributed by atoms with E-state index in [9.17, 15) is 4.39 Å². The van der Waals surface area contributed by atoms with Gasteiger partial charge in [0.1, 0.15) is 40.7 Å². The maximum atomic E-state index is 13.5. The van der Waals surface area contributed by atoms with Crippen LogP contribution in [-0.4, -0.2) is 31.4 Å². The molecule has 0 bridgehead atoms. The predicted octanol–water partition coefficient (Wildman–Crippen LogP) is 6.91. The van der Waals surface area contributed by atoms with Crippen LogP contribution in [0.2, 0.25) is 0 Å². The zero-order valence-corrected chi connectivity index (χ0v) is 21.9. The van der Waals surface area contributed by atoms with Crippen molar-refractivity contribution in [3.8, 4) is 22.8 Å². The Hall–Kier alpha value is -3.62. The van der Waals surface area contributed by atoms with Gasteiger partial charge in [-0.2, -0.15) is 5.10 Å². The SMILES string of the molecule is COc1cc(Nc2cccc3c2nc(-c2ccc(F)cc2)n3C(C)C)ccc1-n1cnc(C)n1.Cl.Cl. The minimum Gasteiger partial charge on any atom is -0.494 e. The third-order valence-electron chi connectivity index (χ3n) is 5.65. The second kappa shape index (κ2) is 11.0. The molecule has 0 aliphatic carbocycles. The van der Waals surface area contributed by atoms with Gasteiger partial charge in [0, 0.05) is 23.4 Å². The molecule has 0 unspecified atom stereocenters. The standard InChI is InChI=1S/C26H25FN6O.2ClH/c1-16(2)33-23-7-5-6-21(25(23)30-26(33)18-8-10-19(27)11-9-18)29-20-12-13-22(24(14-20)34-4)32-15-28-17(3)31-32;;/h5-16,29H,1-4H3;2*1H. The fourth-order valence-corrected chi connectivity index (χ4v) is 4.11. The van der Waals surface area contributed by atoms with E-state index >= 15 is 0 Å². The van der Waals surface area contributed by atoms with E-state index in [0.29, 0.717) is 11.6 Å². The predicted molar refractivity (Wildman–Crippen MR) is 146 cm³/mol. The molecule has 0 spiro atoms. The first-order valence-corrected chi connectivity index (χ1v) is 11.0. The van der Waals surface area contributed by atoms with E-state index in [1.54, 1.807) is 30.3 Å². The van der Waals surface area contributed by atoms with Crippen LogP contribution in [0.4, 0.5) is 15.8 Å². The molecule has 2 aromatic heterocycles. The average molecular weight is 529 g/mol. The molecule has 3 aromatic carbocycles. The van der Waals surface area contributed by atoms with Gasteiger partial charge in [0.25, 0.3) is 0 Å². The number of methoxy groups -OCH3 is 1. The van der Waals surface area contributed by atoms with Crippen molar-refractivity contribution < 1.29 is 9.13 Å². The normalized spacial score (nSPS) is 10.7. The zero-order valence-electron chi connectivity index (χ0n) is 20.3. The smallest absolute Gasteiger partial charge is 0.147 e. The van der Waals surface area contributed by atoms with Gasteiger partial charge in [-0.15, -0.1) is 24.8 Å². The molecule has 7 nitrogen and oxygen atoms in total. The zero-order chi connectivity index (χ0) is 23.8. The summed E-state index contributed by atoms with van der Waals surface area (Å²) in [5, 5.41) is 7.86. The second-order valence-electron chi connectivity index (χ2n) is 8.33. The molecular weight excluding hydrogens is 502 g/mol. The minimum absolute atomic E-state index is 0. The van der Waals surface area contributed by atoms with E-state index in [0.717, 1.165) is 39.5 Å². The molecule has 0 amide bonds. The molecule has 0 saturated carbocycles. The van der Waals surface area contributed by atoms with E-state index in [2.05, 4.69) is 39.9 Å². The Morgan fingerprint density at radius 2 is 1.75 bits per heavy atom. The van der Waals surface area contributed by atoms with Gasteiger partial charge in [0.05, 0.1) is 18.3 Å². The Kier molecular flexibility index (Phi) is 8.22. The Labute approximate surface area is 221 Å². The van der Waals surface area contributed by atoms with Crippen molar-refractivity contribution in [2.75, 3.05) is 12.4 Å². The number of para-hydroxylation sites is 1. The van der Waals surface area contributed by atoms with Crippen molar-refractivity contribution in [2.24, 2.45) is 0 Å². The number of nitrogens with one attached hydrogen (secondary N) is 1. The van der Waals surface area contributed by atoms with E-state index in [4.69, 9.17) is 9.72 Å². The summed E-state index contributed by atoms with van der Waals surface area (Å²) in [6.45, 7) is 6.07. The number of imidazole rings is 1. The van der Waals surface area contributed by atoms with Crippen LogP contribution in [-0.2, 0) is 0 Å². The maximum absolute atomic E-state index is 13.5. The fourth-order valence-electron chi connectivity index (χ4n) is 4.11. The molecule has 5 rings (SSSR count). The lowest BCUT2D eigenvalue weighted by Gasteiger charge is -2.14. The van der Waals surface area contributed by atoms with Crippen molar-refractivity contribution in [3.05, 3.63) is 78.6 Å². The van der Waals surface area contributed by atoms with E-state index in [1.807, 2.05) is 37.3 Å². The van der Waals surface area contributed by atoms with Crippen LogP contribution in [0.1, 0.15) is 25.7 Å². The van der Waals surface area contributed by atoms with Gasteiger partial charge in [-0.3, -0.25) is 0 Å². The fraction of sp³-hybridized carbons (Fsp3) is 0.192. The molecule has 1 N–H and O–H groups in total. The third kappa shape index (κ3) is 5.01. The van der Waals surface area contributed by atoms with Crippen molar-refractivity contribution in [1.29, 1.82) is 0 Å². The number of fused-ring (bicyclic) bond motifs is 1. The van der Waals surface area contributed by atoms with Crippen molar-refractivity contribution in [3.63, 3.8) is 0 Å². The highest BCUT2D eigenvalue weighted by Crippen LogP contribution is 2.34. The Morgan fingerprint density at radius 1 is 1.00 bits per heavy atom. The summed E-state index contributed by atoms with van der Waals surface area (Å²) in [7, 11) is 1.63. The third-order valence-corrected chi connectivity index (χ3v) is 5.65. The number of aromatic nitrogens is 5. The number of nitrogens with zero attached hydrogens (tertiary/aromatic N) is 5. The van der Waals surface area contributed by atoms with E-state index in [1.165, 1.54) is 12.1 Å². The van der Waals surface area contributed by atoms with Crippen LogP contribution in [0.5, 0.6) is 5.75 Å². The summed E-state index contributed by atoms with van der Waals surface area (Å²) in [5.74, 6) is 1.89. The largest absolute Gasteiger partial charge is 0.494 e. The first-order chi connectivity index (χ1) is 16.4. The summed E-state index contributed by atoms with van der Waals surface area (Å²) in [4.78, 5) is 9.16. The van der Waals surface area contributed by atoms with Crippen LogP contribution in [0.3, 0.4) is 0 Å². The number of anilines is 2. The summed E-state index contributed by atoms with van der Waals surface area (Å²) in [6.07, 6.45) is 1.66. The number of halogens is 3. The quantitative estimate of drug-likeness (QED) is 0.259. The van der Waals surface area contributed by atoms with E-state index < -0.39 is 0 Å². The monoisotopic (exact) mass is 528 g/mol. The van der Waals surface area contributed by atoms with Gasteiger partial charge in [0.15, 0.2) is 0 Å². The number of rotatable bonds is 6. The first-order valence-electron chi connectivity index (χ1n) is 11.0. The lowest BCUT2D eigenvalue weighted by atomic mass is 10.2. The highest BCUT2D eigenvalue weighted by Gasteiger charge is 2.18. The van der Waals surface area contributed by atoms with Crippen molar-refractivity contribution in [2.45, 2.75) is 26.8 Å². The topological polar surface area (TPSA) is 69.8 Å². The van der Waals surface area contributed by atoms with Crippen LogP contribution in [0.25, 0.3) is 28.1 Å². The lowest BCUT2D eigenvalue weighted by molar-refractivity contribution is 0.412. The highest BCUT2D eigenvalue weighted by atomic mass is 35.5. The molecule has 0 aliphatic rings. The molecule has 36 heavy (non-hydrogen) atoms. The molecular formula is C26H27Cl2FN6O.